The summed E-state index contributed by atoms with van der Waals surface area (Å²) in [5.74, 6) is 0.894. The van der Waals surface area contributed by atoms with E-state index in [0.717, 1.165) is 30.6 Å². The predicted octanol–water partition coefficient (Wildman–Crippen LogP) is 2.31. The van der Waals surface area contributed by atoms with Crippen LogP contribution in [0.5, 0.6) is 0 Å². The van der Waals surface area contributed by atoms with E-state index in [4.69, 9.17) is 11.6 Å². The zero-order valence-corrected chi connectivity index (χ0v) is 11.5. The van der Waals surface area contributed by atoms with Gasteiger partial charge in [-0.05, 0) is 37.3 Å². The molecule has 2 aliphatic rings. The van der Waals surface area contributed by atoms with Gasteiger partial charge in [-0.1, -0.05) is 11.6 Å². The first-order valence-corrected chi connectivity index (χ1v) is 7.17. The Morgan fingerprint density at radius 1 is 1.50 bits per heavy atom. The average molecular weight is 266 g/mol. The first-order chi connectivity index (χ1) is 8.74. The maximum atomic E-state index is 6.22. The molecule has 2 atom stereocenters. The summed E-state index contributed by atoms with van der Waals surface area (Å²) in [5.41, 5.74) is 1.20. The predicted molar refractivity (Wildman–Crippen MR) is 73.6 cm³/mol. The van der Waals surface area contributed by atoms with Gasteiger partial charge in [0.05, 0.1) is 5.02 Å². The molecule has 0 aromatic carbocycles. The van der Waals surface area contributed by atoms with E-state index in [1.54, 1.807) is 6.20 Å². The summed E-state index contributed by atoms with van der Waals surface area (Å²) in [7, 11) is 0. The second-order valence-corrected chi connectivity index (χ2v) is 6.02. The van der Waals surface area contributed by atoms with Gasteiger partial charge in [0.1, 0.15) is 0 Å². The van der Waals surface area contributed by atoms with Crippen molar-refractivity contribution in [3.63, 3.8) is 0 Å². The summed E-state index contributed by atoms with van der Waals surface area (Å²) in [6.07, 6.45) is 6.36. The van der Waals surface area contributed by atoms with E-state index in [2.05, 4.69) is 22.1 Å². The molecule has 2 heterocycles. The van der Waals surface area contributed by atoms with Gasteiger partial charge in [0.2, 0.25) is 0 Å². The number of pyridine rings is 1. The quantitative estimate of drug-likeness (QED) is 0.909. The Kier molecular flexibility index (Phi) is 3.55. The van der Waals surface area contributed by atoms with Crippen LogP contribution in [0.4, 0.5) is 0 Å². The highest BCUT2D eigenvalue weighted by Gasteiger charge is 2.37. The number of hydrogen-bond donors (Lipinski definition) is 1. The highest BCUT2D eigenvalue weighted by atomic mass is 35.5. The molecule has 1 N–H and O–H groups in total. The highest BCUT2D eigenvalue weighted by molar-refractivity contribution is 6.31. The first-order valence-electron chi connectivity index (χ1n) is 6.80. The van der Waals surface area contributed by atoms with E-state index in [1.165, 1.54) is 18.4 Å². The Morgan fingerprint density at radius 3 is 3.06 bits per heavy atom. The SMILES string of the molecule is CC1CN(Cc2ccncc2Cl)C(C2CC2)CN1. The standard InChI is InChI=1S/C14H20ClN3/c1-10-8-18(14(7-17-10)11-2-3-11)9-12-4-5-16-6-13(12)15/h4-6,10-11,14,17H,2-3,7-9H2,1H3. The lowest BCUT2D eigenvalue weighted by Gasteiger charge is -2.39. The monoisotopic (exact) mass is 265 g/mol. The Balaban J connectivity index is 1.74. The molecule has 0 spiro atoms. The average Bonchev–Trinajstić information content (AvgIpc) is 3.16. The minimum atomic E-state index is 0.570. The number of rotatable bonds is 3. The molecule has 1 saturated heterocycles. The maximum Gasteiger partial charge on any atom is 0.0634 e. The summed E-state index contributed by atoms with van der Waals surface area (Å²) in [6.45, 7) is 5.44. The molecule has 3 rings (SSSR count). The first kappa shape index (κ1) is 12.4. The van der Waals surface area contributed by atoms with E-state index in [0.29, 0.717) is 12.1 Å². The fourth-order valence-corrected chi connectivity index (χ4v) is 3.06. The van der Waals surface area contributed by atoms with Crippen molar-refractivity contribution < 1.29 is 0 Å². The van der Waals surface area contributed by atoms with Crippen LogP contribution >= 0.6 is 11.6 Å². The summed E-state index contributed by atoms with van der Waals surface area (Å²) < 4.78 is 0. The molecule has 1 saturated carbocycles. The summed E-state index contributed by atoms with van der Waals surface area (Å²) in [6, 6.07) is 3.30. The molecule has 1 aromatic rings. The van der Waals surface area contributed by atoms with Gasteiger partial charge < -0.3 is 5.32 Å². The van der Waals surface area contributed by atoms with E-state index in [-0.39, 0.29) is 0 Å². The summed E-state index contributed by atoms with van der Waals surface area (Å²) in [5, 5.41) is 4.39. The van der Waals surface area contributed by atoms with Crippen molar-refractivity contribution in [1.29, 1.82) is 0 Å². The number of aromatic nitrogens is 1. The van der Waals surface area contributed by atoms with Crippen molar-refractivity contribution in [2.24, 2.45) is 5.92 Å². The lowest BCUT2D eigenvalue weighted by atomic mass is 10.0. The number of halogens is 1. The van der Waals surface area contributed by atoms with Crippen LogP contribution in [-0.4, -0.2) is 35.1 Å². The number of nitrogens with one attached hydrogen (secondary N) is 1. The number of hydrogen-bond acceptors (Lipinski definition) is 3. The van der Waals surface area contributed by atoms with Crippen molar-refractivity contribution in [2.75, 3.05) is 13.1 Å². The van der Waals surface area contributed by atoms with Crippen LogP contribution in [-0.2, 0) is 6.54 Å². The van der Waals surface area contributed by atoms with Crippen LogP contribution in [0.2, 0.25) is 5.02 Å². The fourth-order valence-electron chi connectivity index (χ4n) is 2.88. The molecule has 3 nitrogen and oxygen atoms in total. The molecular formula is C14H20ClN3. The highest BCUT2D eigenvalue weighted by Crippen LogP contribution is 2.37. The largest absolute Gasteiger partial charge is 0.311 e. The molecule has 2 unspecified atom stereocenters. The van der Waals surface area contributed by atoms with Crippen LogP contribution in [0.3, 0.4) is 0 Å². The van der Waals surface area contributed by atoms with Crippen molar-refractivity contribution in [2.45, 2.75) is 38.4 Å². The van der Waals surface area contributed by atoms with Crippen LogP contribution in [0.1, 0.15) is 25.3 Å². The lowest BCUT2D eigenvalue weighted by molar-refractivity contribution is 0.112. The Labute approximate surface area is 114 Å². The molecule has 1 aliphatic carbocycles. The molecule has 0 amide bonds. The smallest absolute Gasteiger partial charge is 0.0634 e. The Bertz CT molecular complexity index is 419. The molecule has 0 radical (unpaired) electrons. The van der Waals surface area contributed by atoms with Crippen molar-refractivity contribution in [3.8, 4) is 0 Å². The van der Waals surface area contributed by atoms with E-state index >= 15 is 0 Å². The second-order valence-electron chi connectivity index (χ2n) is 5.61. The van der Waals surface area contributed by atoms with Crippen LogP contribution < -0.4 is 5.32 Å². The van der Waals surface area contributed by atoms with Crippen molar-refractivity contribution in [3.05, 3.63) is 29.0 Å². The van der Waals surface area contributed by atoms with Gasteiger partial charge in [-0.2, -0.15) is 0 Å². The van der Waals surface area contributed by atoms with Gasteiger partial charge in [0.15, 0.2) is 0 Å². The molecule has 18 heavy (non-hydrogen) atoms. The summed E-state index contributed by atoms with van der Waals surface area (Å²) in [4.78, 5) is 6.65. The third-order valence-electron chi connectivity index (χ3n) is 4.05. The molecule has 1 aliphatic heterocycles. The van der Waals surface area contributed by atoms with Gasteiger partial charge in [-0.15, -0.1) is 0 Å². The maximum absolute atomic E-state index is 6.22. The second kappa shape index (κ2) is 5.16. The van der Waals surface area contributed by atoms with Crippen LogP contribution in [0.25, 0.3) is 0 Å². The van der Waals surface area contributed by atoms with Crippen molar-refractivity contribution in [1.82, 2.24) is 15.2 Å². The molecule has 2 fully saturated rings. The molecule has 98 valence electrons. The van der Waals surface area contributed by atoms with Gasteiger partial charge in [-0.3, -0.25) is 9.88 Å². The lowest BCUT2D eigenvalue weighted by Crippen LogP contribution is -2.55. The van der Waals surface area contributed by atoms with Gasteiger partial charge >= 0.3 is 0 Å². The van der Waals surface area contributed by atoms with E-state index < -0.39 is 0 Å². The van der Waals surface area contributed by atoms with Crippen LogP contribution in [0.15, 0.2) is 18.5 Å². The Morgan fingerprint density at radius 2 is 2.33 bits per heavy atom. The van der Waals surface area contributed by atoms with Gasteiger partial charge in [0, 0.05) is 44.1 Å². The van der Waals surface area contributed by atoms with Gasteiger partial charge in [0.25, 0.3) is 0 Å². The molecular weight excluding hydrogens is 246 g/mol. The third-order valence-corrected chi connectivity index (χ3v) is 4.39. The Hall–Kier alpha value is -0.640. The van der Waals surface area contributed by atoms with Crippen LogP contribution in [0, 0.1) is 5.92 Å². The van der Waals surface area contributed by atoms with E-state index in [1.807, 2.05) is 12.3 Å². The molecule has 1 aromatic heterocycles. The molecule has 4 heteroatoms. The normalized spacial score (nSPS) is 29.4. The van der Waals surface area contributed by atoms with E-state index in [9.17, 15) is 0 Å². The minimum absolute atomic E-state index is 0.570. The van der Waals surface area contributed by atoms with Gasteiger partial charge in [-0.25, -0.2) is 0 Å². The number of piperazine rings is 1. The zero-order valence-electron chi connectivity index (χ0n) is 10.8. The third kappa shape index (κ3) is 2.68. The zero-order chi connectivity index (χ0) is 12.5. The fraction of sp³-hybridized carbons (Fsp3) is 0.643. The van der Waals surface area contributed by atoms with Crippen molar-refractivity contribution >= 4 is 11.6 Å². The number of nitrogens with zero attached hydrogens (tertiary/aromatic N) is 2. The topological polar surface area (TPSA) is 28.2 Å². The summed E-state index contributed by atoms with van der Waals surface area (Å²) >= 11 is 6.22. The minimum Gasteiger partial charge on any atom is -0.311 e. The molecule has 0 bridgehead atoms.